The molecule has 0 atom stereocenters. The van der Waals surface area contributed by atoms with Gasteiger partial charge in [0.25, 0.3) is 5.91 Å². The van der Waals surface area contributed by atoms with Gasteiger partial charge in [0.05, 0.1) is 23.9 Å². The summed E-state index contributed by atoms with van der Waals surface area (Å²) in [5.41, 5.74) is 2.39. The maximum absolute atomic E-state index is 13.3. The fourth-order valence-corrected chi connectivity index (χ4v) is 6.74. The van der Waals surface area contributed by atoms with E-state index in [0.717, 1.165) is 31.2 Å². The summed E-state index contributed by atoms with van der Waals surface area (Å²) in [4.78, 5) is 45.4. The van der Waals surface area contributed by atoms with Gasteiger partial charge in [-0.25, -0.2) is 14.6 Å². The second kappa shape index (κ2) is 8.89. The van der Waals surface area contributed by atoms with Gasteiger partial charge < -0.3 is 19.4 Å². The highest BCUT2D eigenvalue weighted by Crippen LogP contribution is 2.45. The highest BCUT2D eigenvalue weighted by atomic mass is 32.1. The van der Waals surface area contributed by atoms with Crippen molar-refractivity contribution in [1.82, 2.24) is 9.88 Å². The van der Waals surface area contributed by atoms with E-state index in [0.29, 0.717) is 35.5 Å². The van der Waals surface area contributed by atoms with Crippen LogP contribution in [0.5, 0.6) is 0 Å². The number of nitrogens with zero attached hydrogens (tertiary/aromatic N) is 2. The number of carbonyl (C=O) groups is 2. The van der Waals surface area contributed by atoms with E-state index in [1.165, 1.54) is 18.4 Å². The Labute approximate surface area is 212 Å². The molecule has 0 radical (unpaired) electrons. The number of hydrogen-bond donors (Lipinski definition) is 1. The molecule has 10 heteroatoms. The molecular weight excluding hydrogens is 498 g/mol. The number of thiazole rings is 1. The minimum atomic E-state index is -0.703. The van der Waals surface area contributed by atoms with Gasteiger partial charge in [-0.05, 0) is 36.2 Å². The van der Waals surface area contributed by atoms with Gasteiger partial charge in [-0.3, -0.25) is 4.79 Å². The van der Waals surface area contributed by atoms with Crippen LogP contribution in [0.4, 0.5) is 9.80 Å². The van der Waals surface area contributed by atoms with Crippen molar-refractivity contribution in [1.29, 1.82) is 0 Å². The average Bonchev–Trinajstić information content (AvgIpc) is 3.47. The van der Waals surface area contributed by atoms with Crippen LogP contribution in [0, 0.1) is 0 Å². The van der Waals surface area contributed by atoms with Gasteiger partial charge in [0.15, 0.2) is 0 Å². The molecule has 3 aromatic heterocycles. The molecule has 0 unspecified atom stereocenters. The van der Waals surface area contributed by atoms with Gasteiger partial charge in [0.1, 0.15) is 21.2 Å². The van der Waals surface area contributed by atoms with Crippen LogP contribution in [-0.4, -0.2) is 35.5 Å². The summed E-state index contributed by atoms with van der Waals surface area (Å²) in [7, 11) is 1.36. The van der Waals surface area contributed by atoms with Crippen LogP contribution in [-0.2, 0) is 17.7 Å². The molecule has 180 valence electrons. The standard InChI is InChI=1S/C26H19N3O5S2/c1-33-26(32)29-11-10-15-20(13-29)36-24(21(15)23-27-17-7-3-5-9-19(17)35-23)28-22(30)16-12-14-6-2-4-8-18(14)34-25(16)31/h2-9,12H,10-11,13H2,1H3,(H,28,30). The fourth-order valence-electron chi connectivity index (χ4n) is 4.37. The SMILES string of the molecule is COC(=O)N1CCc2c(sc(NC(=O)c3cc4ccccc4oc3=O)c2-c2nc3ccccc3s2)C1. The molecule has 0 bridgehead atoms. The molecule has 1 aliphatic heterocycles. The van der Waals surface area contributed by atoms with E-state index < -0.39 is 17.6 Å². The number of methoxy groups -OCH3 is 1. The normalized spacial score (nSPS) is 13.1. The quantitative estimate of drug-likeness (QED) is 0.317. The second-order valence-corrected chi connectivity index (χ2v) is 10.4. The van der Waals surface area contributed by atoms with Crippen LogP contribution in [0.15, 0.2) is 63.8 Å². The van der Waals surface area contributed by atoms with Crippen molar-refractivity contribution in [2.45, 2.75) is 13.0 Å². The first-order valence-electron chi connectivity index (χ1n) is 11.2. The largest absolute Gasteiger partial charge is 0.453 e. The molecular formula is C26H19N3O5S2. The van der Waals surface area contributed by atoms with Crippen LogP contribution in [0.2, 0.25) is 0 Å². The molecule has 0 aliphatic carbocycles. The number of rotatable bonds is 3. The summed E-state index contributed by atoms with van der Waals surface area (Å²) in [6, 6.07) is 16.4. The number of nitrogens with one attached hydrogen (secondary N) is 1. The van der Waals surface area contributed by atoms with Crippen LogP contribution >= 0.6 is 22.7 Å². The van der Waals surface area contributed by atoms with Gasteiger partial charge in [0, 0.05) is 22.4 Å². The predicted molar refractivity (Wildman–Crippen MR) is 140 cm³/mol. The Hall–Kier alpha value is -4.02. The number of anilines is 1. The molecule has 2 amide bonds. The maximum Gasteiger partial charge on any atom is 0.409 e. The van der Waals surface area contributed by atoms with E-state index in [1.54, 1.807) is 40.5 Å². The molecule has 5 aromatic rings. The third-order valence-electron chi connectivity index (χ3n) is 6.11. The zero-order valence-electron chi connectivity index (χ0n) is 19.1. The first-order valence-corrected chi connectivity index (χ1v) is 12.8. The highest BCUT2D eigenvalue weighted by Gasteiger charge is 2.30. The molecule has 0 fully saturated rings. The molecule has 1 N–H and O–H groups in total. The number of amides is 2. The fraction of sp³-hybridized carbons (Fsp3) is 0.154. The van der Waals surface area contributed by atoms with Crippen molar-refractivity contribution >= 4 is 60.9 Å². The molecule has 8 nitrogen and oxygen atoms in total. The van der Waals surface area contributed by atoms with E-state index in [2.05, 4.69) is 5.32 Å². The average molecular weight is 518 g/mol. The smallest absolute Gasteiger partial charge is 0.409 e. The number of hydrogen-bond acceptors (Lipinski definition) is 8. The Morgan fingerprint density at radius 3 is 2.75 bits per heavy atom. The van der Waals surface area contributed by atoms with Crippen LogP contribution < -0.4 is 10.9 Å². The number of fused-ring (bicyclic) bond motifs is 3. The van der Waals surface area contributed by atoms with E-state index >= 15 is 0 Å². The first kappa shape index (κ1) is 22.4. The molecule has 0 saturated heterocycles. The van der Waals surface area contributed by atoms with Crippen molar-refractivity contribution < 1.29 is 18.7 Å². The lowest BCUT2D eigenvalue weighted by molar-refractivity contribution is 0.102. The summed E-state index contributed by atoms with van der Waals surface area (Å²) in [5, 5.41) is 4.97. The molecule has 36 heavy (non-hydrogen) atoms. The molecule has 0 spiro atoms. The van der Waals surface area contributed by atoms with E-state index in [4.69, 9.17) is 14.1 Å². The van der Waals surface area contributed by atoms with E-state index in [9.17, 15) is 14.4 Å². The van der Waals surface area contributed by atoms with Crippen molar-refractivity contribution in [3.63, 3.8) is 0 Å². The minimum Gasteiger partial charge on any atom is -0.453 e. The molecule has 0 saturated carbocycles. The monoisotopic (exact) mass is 517 g/mol. The van der Waals surface area contributed by atoms with Crippen LogP contribution in [0.25, 0.3) is 31.8 Å². The summed E-state index contributed by atoms with van der Waals surface area (Å²) >= 11 is 2.92. The number of aromatic nitrogens is 1. The second-order valence-electron chi connectivity index (χ2n) is 8.28. The van der Waals surface area contributed by atoms with Gasteiger partial charge in [-0.15, -0.1) is 22.7 Å². The molecule has 1 aliphatic rings. The third kappa shape index (κ3) is 3.84. The number of para-hydroxylation sites is 2. The van der Waals surface area contributed by atoms with Gasteiger partial charge in [0.2, 0.25) is 0 Å². The summed E-state index contributed by atoms with van der Waals surface area (Å²) in [6.45, 7) is 0.870. The van der Waals surface area contributed by atoms with Crippen molar-refractivity contribution in [3.05, 3.63) is 81.0 Å². The van der Waals surface area contributed by atoms with Crippen molar-refractivity contribution in [2.75, 3.05) is 19.0 Å². The van der Waals surface area contributed by atoms with Gasteiger partial charge in [-0.1, -0.05) is 30.3 Å². The summed E-state index contributed by atoms with van der Waals surface area (Å²) < 4.78 is 11.3. The predicted octanol–water partition coefficient (Wildman–Crippen LogP) is 5.51. The lowest BCUT2D eigenvalue weighted by atomic mass is 10.0. The van der Waals surface area contributed by atoms with E-state index in [-0.39, 0.29) is 5.56 Å². The van der Waals surface area contributed by atoms with Crippen molar-refractivity contribution in [2.24, 2.45) is 0 Å². The van der Waals surface area contributed by atoms with Gasteiger partial charge in [-0.2, -0.15) is 0 Å². The Balaban J connectivity index is 1.44. The number of ether oxygens (including phenoxy) is 1. The zero-order chi connectivity index (χ0) is 24.8. The molecule has 6 rings (SSSR count). The Morgan fingerprint density at radius 2 is 1.92 bits per heavy atom. The van der Waals surface area contributed by atoms with E-state index in [1.807, 2.05) is 30.3 Å². The Bertz CT molecular complexity index is 1680. The van der Waals surface area contributed by atoms with Crippen LogP contribution in [0.3, 0.4) is 0 Å². The molecule has 4 heterocycles. The van der Waals surface area contributed by atoms with Crippen LogP contribution in [0.1, 0.15) is 20.8 Å². The molecule has 2 aromatic carbocycles. The lowest BCUT2D eigenvalue weighted by Gasteiger charge is -2.25. The summed E-state index contributed by atoms with van der Waals surface area (Å²) in [5.74, 6) is -0.555. The van der Waals surface area contributed by atoms with Crippen molar-refractivity contribution in [3.8, 4) is 10.6 Å². The minimum absolute atomic E-state index is 0.0773. The third-order valence-corrected chi connectivity index (χ3v) is 8.30. The zero-order valence-corrected chi connectivity index (χ0v) is 20.7. The first-order chi connectivity index (χ1) is 17.5. The summed E-state index contributed by atoms with van der Waals surface area (Å²) in [6.07, 6.45) is 0.204. The Kier molecular flexibility index (Phi) is 5.54. The Morgan fingerprint density at radius 1 is 1.11 bits per heavy atom. The number of thiophene rings is 1. The lowest BCUT2D eigenvalue weighted by Crippen LogP contribution is -2.35. The maximum atomic E-state index is 13.3. The topological polar surface area (TPSA) is 102 Å². The van der Waals surface area contributed by atoms with Gasteiger partial charge >= 0.3 is 11.7 Å². The highest BCUT2D eigenvalue weighted by molar-refractivity contribution is 7.23. The number of benzene rings is 2. The number of carbonyl (C=O) groups excluding carboxylic acids is 2.